The summed E-state index contributed by atoms with van der Waals surface area (Å²) in [5, 5.41) is 9.43. The summed E-state index contributed by atoms with van der Waals surface area (Å²) < 4.78 is 33.1. The Kier molecular flexibility index (Phi) is 10.3. The van der Waals surface area contributed by atoms with Crippen molar-refractivity contribution in [1.29, 1.82) is 0 Å². The number of carboxylic acid groups (broad SMARTS) is 1. The molecule has 1 rings (SSSR count). The van der Waals surface area contributed by atoms with Crippen molar-refractivity contribution in [3.05, 3.63) is 29.8 Å². The van der Waals surface area contributed by atoms with E-state index in [0.29, 0.717) is 24.6 Å². The zero-order chi connectivity index (χ0) is 22.0. The molecule has 0 heterocycles. The average molecular weight is 447 g/mol. The van der Waals surface area contributed by atoms with Gasteiger partial charge in [0.15, 0.2) is 0 Å². The van der Waals surface area contributed by atoms with Crippen LogP contribution in [0.15, 0.2) is 29.2 Å². The Bertz CT molecular complexity index is 718. The normalized spacial score (nSPS) is 13.7. The Morgan fingerprint density at radius 1 is 0.897 bits per heavy atom. The summed E-state index contributed by atoms with van der Waals surface area (Å²) in [5.74, 6) is -0.889. The molecule has 7 heteroatoms. The summed E-state index contributed by atoms with van der Waals surface area (Å²) in [6, 6.07) is 6.72. The maximum absolute atomic E-state index is 13.4. The zero-order valence-electron chi connectivity index (χ0n) is 18.5. The second kappa shape index (κ2) is 11.4. The number of benzene rings is 1. The summed E-state index contributed by atoms with van der Waals surface area (Å²) in [5.41, 5.74) is 0.982. The van der Waals surface area contributed by atoms with E-state index >= 15 is 0 Å². The standard InChI is InChI=1S/C22H39O5PS/c1-5-8-16-28(17-9-6-2,18-10-7-3,19-15-22(23)24)27-29(25,26)21-13-11-20(4)12-14-21/h11-14H,5-10,15-19H2,1-4H3,(H,23,24). The minimum absolute atomic E-state index is 0.0433. The molecule has 5 nitrogen and oxygen atoms in total. The molecule has 0 saturated heterocycles. The van der Waals surface area contributed by atoms with Crippen molar-refractivity contribution in [3.63, 3.8) is 0 Å². The second-order valence-electron chi connectivity index (χ2n) is 8.30. The molecule has 0 bridgehead atoms. The summed E-state index contributed by atoms with van der Waals surface area (Å²) in [4.78, 5) is 11.7. The molecule has 0 saturated carbocycles. The van der Waals surface area contributed by atoms with Crippen LogP contribution in [0.3, 0.4) is 0 Å². The van der Waals surface area contributed by atoms with E-state index in [4.69, 9.17) is 3.97 Å². The number of hydrogen-bond donors (Lipinski definition) is 1. The molecule has 0 atom stereocenters. The van der Waals surface area contributed by atoms with Gasteiger partial charge in [-0.1, -0.05) is 0 Å². The minimum atomic E-state index is -3.97. The second-order valence-corrected chi connectivity index (χ2v) is 15.8. The molecule has 1 aromatic carbocycles. The van der Waals surface area contributed by atoms with Crippen LogP contribution in [0.2, 0.25) is 0 Å². The number of carboxylic acids is 1. The molecule has 29 heavy (non-hydrogen) atoms. The molecule has 0 aliphatic carbocycles. The van der Waals surface area contributed by atoms with E-state index in [1.54, 1.807) is 24.3 Å². The van der Waals surface area contributed by atoms with Gasteiger partial charge in [-0.05, 0) is 0 Å². The molecular formula is C22H39O5PS. The van der Waals surface area contributed by atoms with Gasteiger partial charge in [-0.3, -0.25) is 0 Å². The van der Waals surface area contributed by atoms with Crippen LogP contribution < -0.4 is 0 Å². The molecule has 0 aliphatic rings. The van der Waals surface area contributed by atoms with Crippen LogP contribution in [0.25, 0.3) is 0 Å². The van der Waals surface area contributed by atoms with Crippen LogP contribution in [-0.4, -0.2) is 44.1 Å². The Labute approximate surface area is 177 Å². The molecule has 0 aromatic heterocycles. The molecule has 1 N–H and O–H groups in total. The number of hydrogen-bond acceptors (Lipinski definition) is 4. The fraction of sp³-hybridized carbons (Fsp3) is 0.682. The Morgan fingerprint density at radius 3 is 1.72 bits per heavy atom. The molecule has 0 spiro atoms. The number of aliphatic carboxylic acids is 1. The van der Waals surface area contributed by atoms with E-state index in [0.717, 1.165) is 44.1 Å². The molecule has 0 fully saturated rings. The molecule has 1 aromatic rings. The van der Waals surface area contributed by atoms with Gasteiger partial charge in [0, 0.05) is 0 Å². The van der Waals surface area contributed by atoms with Crippen LogP contribution in [0.5, 0.6) is 0 Å². The van der Waals surface area contributed by atoms with Gasteiger partial charge in [0.05, 0.1) is 0 Å². The predicted molar refractivity (Wildman–Crippen MR) is 123 cm³/mol. The summed E-state index contributed by atoms with van der Waals surface area (Å²) in [6.45, 7) is 4.88. The molecular weight excluding hydrogens is 407 g/mol. The fourth-order valence-corrected chi connectivity index (χ4v) is 13.6. The summed E-state index contributed by atoms with van der Waals surface area (Å²) in [7, 11) is -3.97. The van der Waals surface area contributed by atoms with Crippen LogP contribution in [0, 0.1) is 6.92 Å². The average Bonchev–Trinajstić information content (AvgIpc) is 2.68. The number of carbonyl (C=O) groups is 1. The van der Waals surface area contributed by atoms with Crippen LogP contribution in [0.4, 0.5) is 0 Å². The van der Waals surface area contributed by atoms with Crippen molar-refractivity contribution < 1.29 is 22.3 Å². The van der Waals surface area contributed by atoms with Crippen LogP contribution in [0.1, 0.15) is 71.3 Å². The predicted octanol–water partition coefficient (Wildman–Crippen LogP) is 6.04. The van der Waals surface area contributed by atoms with Gasteiger partial charge < -0.3 is 0 Å². The third-order valence-electron chi connectivity index (χ3n) is 5.74. The molecule has 0 radical (unpaired) electrons. The third-order valence-corrected chi connectivity index (χ3v) is 14.8. The number of rotatable bonds is 15. The summed E-state index contributed by atoms with van der Waals surface area (Å²) in [6.07, 6.45) is 7.69. The molecule has 168 valence electrons. The van der Waals surface area contributed by atoms with Crippen molar-refractivity contribution >= 4 is 22.9 Å². The first kappa shape index (κ1) is 26.1. The van der Waals surface area contributed by atoms with Crippen molar-refractivity contribution in [2.24, 2.45) is 0 Å². The van der Waals surface area contributed by atoms with E-state index in [-0.39, 0.29) is 11.3 Å². The first-order valence-corrected chi connectivity index (χ1v) is 15.2. The third kappa shape index (κ3) is 7.66. The molecule has 0 unspecified atom stereocenters. The first-order chi connectivity index (χ1) is 13.6. The van der Waals surface area contributed by atoms with E-state index in [9.17, 15) is 18.3 Å². The Morgan fingerprint density at radius 2 is 1.34 bits per heavy atom. The van der Waals surface area contributed by atoms with E-state index in [2.05, 4.69) is 20.8 Å². The quantitative estimate of drug-likeness (QED) is 0.332. The zero-order valence-corrected chi connectivity index (χ0v) is 20.2. The SMILES string of the molecule is CCCCP(CCCC)(CCCC)(CCC(=O)O)OS(=O)(=O)c1ccc(C)cc1. The summed E-state index contributed by atoms with van der Waals surface area (Å²) >= 11 is 0. The fourth-order valence-electron chi connectivity index (χ4n) is 3.90. The molecule has 0 aliphatic heterocycles. The van der Waals surface area contributed by atoms with Gasteiger partial charge >= 0.3 is 177 Å². The van der Waals surface area contributed by atoms with Gasteiger partial charge in [0.2, 0.25) is 0 Å². The Balaban J connectivity index is 3.52. The van der Waals surface area contributed by atoms with Crippen molar-refractivity contribution in [1.82, 2.24) is 0 Å². The van der Waals surface area contributed by atoms with Crippen molar-refractivity contribution in [2.45, 2.75) is 77.5 Å². The van der Waals surface area contributed by atoms with Gasteiger partial charge in [-0.25, -0.2) is 0 Å². The van der Waals surface area contributed by atoms with Crippen LogP contribution in [-0.2, 0) is 18.9 Å². The van der Waals surface area contributed by atoms with Gasteiger partial charge in [-0.15, -0.1) is 0 Å². The van der Waals surface area contributed by atoms with E-state index in [1.165, 1.54) is 0 Å². The Hall–Kier alpha value is -0.970. The van der Waals surface area contributed by atoms with E-state index in [1.807, 2.05) is 6.92 Å². The number of aryl methyl sites for hydroxylation is 1. The monoisotopic (exact) mass is 446 g/mol. The van der Waals surface area contributed by atoms with Gasteiger partial charge in [-0.2, -0.15) is 0 Å². The number of unbranched alkanes of at least 4 members (excludes halogenated alkanes) is 3. The van der Waals surface area contributed by atoms with Gasteiger partial charge in [0.25, 0.3) is 0 Å². The van der Waals surface area contributed by atoms with Gasteiger partial charge in [0.1, 0.15) is 0 Å². The maximum atomic E-state index is 13.4. The van der Waals surface area contributed by atoms with Crippen molar-refractivity contribution in [3.8, 4) is 0 Å². The topological polar surface area (TPSA) is 80.7 Å². The van der Waals surface area contributed by atoms with E-state index < -0.39 is 22.9 Å². The molecule has 0 amide bonds. The van der Waals surface area contributed by atoms with Crippen LogP contribution >= 0.6 is 6.83 Å². The first-order valence-electron chi connectivity index (χ1n) is 10.9. The van der Waals surface area contributed by atoms with Crippen molar-refractivity contribution in [2.75, 3.05) is 24.6 Å².